The average molecular weight is 258 g/mol. The molecule has 17 heavy (non-hydrogen) atoms. The van der Waals surface area contributed by atoms with Crippen molar-refractivity contribution in [2.24, 2.45) is 5.41 Å². The molecule has 0 saturated carbocycles. The summed E-state index contributed by atoms with van der Waals surface area (Å²) in [7, 11) is 0. The molecular weight excluding hydrogens is 234 g/mol. The number of aryl methyl sites for hydroxylation is 1. The molecule has 1 heterocycles. The Labute approximate surface area is 110 Å². The summed E-state index contributed by atoms with van der Waals surface area (Å²) in [5.41, 5.74) is 1.51. The molecule has 0 amide bonds. The van der Waals surface area contributed by atoms with Gasteiger partial charge in [-0.05, 0) is 18.8 Å². The van der Waals surface area contributed by atoms with E-state index in [2.05, 4.69) is 44.3 Å². The van der Waals surface area contributed by atoms with E-state index in [1.807, 2.05) is 10.9 Å². The highest BCUT2D eigenvalue weighted by Gasteiger charge is 2.16. The molecular formula is C13H24ClN3. The highest BCUT2D eigenvalue weighted by molar-refractivity contribution is 6.20. The molecule has 4 heteroatoms. The van der Waals surface area contributed by atoms with Gasteiger partial charge in [-0.25, -0.2) is 0 Å². The fourth-order valence-corrected chi connectivity index (χ4v) is 2.35. The molecule has 0 aliphatic heterocycles. The zero-order valence-corrected chi connectivity index (χ0v) is 12.1. The van der Waals surface area contributed by atoms with Crippen LogP contribution in [0.25, 0.3) is 0 Å². The lowest BCUT2D eigenvalue weighted by Crippen LogP contribution is -2.26. The third kappa shape index (κ3) is 6.08. The van der Waals surface area contributed by atoms with Gasteiger partial charge in [0.1, 0.15) is 0 Å². The summed E-state index contributed by atoms with van der Waals surface area (Å²) in [4.78, 5) is 0. The second-order valence-corrected chi connectivity index (χ2v) is 6.31. The summed E-state index contributed by atoms with van der Waals surface area (Å²) < 4.78 is 1.93. The van der Waals surface area contributed by atoms with Crippen molar-refractivity contribution in [1.29, 1.82) is 0 Å². The maximum atomic E-state index is 6.28. The molecule has 0 aromatic carbocycles. The number of aromatic nitrogens is 2. The third-order valence-electron chi connectivity index (χ3n) is 2.54. The molecule has 0 bridgehead atoms. The number of alkyl halides is 1. The number of halogens is 1. The number of nitrogens with one attached hydrogen (secondary N) is 1. The van der Waals surface area contributed by atoms with Crippen LogP contribution in [0.3, 0.4) is 0 Å². The van der Waals surface area contributed by atoms with Crippen LogP contribution in [0.4, 0.5) is 0 Å². The fraction of sp³-hybridized carbons (Fsp3) is 0.769. The molecule has 0 radical (unpaired) electrons. The lowest BCUT2D eigenvalue weighted by Gasteiger charge is -2.21. The Hall–Kier alpha value is -0.540. The van der Waals surface area contributed by atoms with Crippen molar-refractivity contribution in [3.05, 3.63) is 18.0 Å². The number of rotatable bonds is 6. The van der Waals surface area contributed by atoms with Crippen LogP contribution in [0.5, 0.6) is 0 Å². The third-order valence-corrected chi connectivity index (χ3v) is 2.85. The van der Waals surface area contributed by atoms with Crippen LogP contribution in [-0.2, 0) is 13.1 Å². The summed E-state index contributed by atoms with van der Waals surface area (Å²) >= 11 is 6.28. The minimum absolute atomic E-state index is 0.191. The van der Waals surface area contributed by atoms with Crippen LogP contribution < -0.4 is 5.32 Å². The molecule has 0 saturated heterocycles. The van der Waals surface area contributed by atoms with Crippen molar-refractivity contribution in [2.45, 2.75) is 52.6 Å². The van der Waals surface area contributed by atoms with E-state index in [0.29, 0.717) is 5.41 Å². The number of hydrogen-bond donors (Lipinski definition) is 1. The topological polar surface area (TPSA) is 29.9 Å². The fourth-order valence-electron chi connectivity index (χ4n) is 1.78. The first-order valence-electron chi connectivity index (χ1n) is 6.27. The van der Waals surface area contributed by atoms with Crippen molar-refractivity contribution >= 4 is 11.6 Å². The summed E-state index contributed by atoms with van der Waals surface area (Å²) in [6.07, 6.45) is 5.00. The van der Waals surface area contributed by atoms with Crippen LogP contribution in [0.2, 0.25) is 0 Å². The molecule has 98 valence electrons. The van der Waals surface area contributed by atoms with Crippen molar-refractivity contribution in [1.82, 2.24) is 15.1 Å². The molecule has 1 rings (SSSR count). The first-order valence-corrected chi connectivity index (χ1v) is 6.70. The van der Waals surface area contributed by atoms with Gasteiger partial charge in [0.25, 0.3) is 0 Å². The molecule has 0 spiro atoms. The van der Waals surface area contributed by atoms with E-state index in [1.165, 1.54) is 5.56 Å². The number of nitrogens with zero attached hydrogens (tertiary/aromatic N) is 2. The van der Waals surface area contributed by atoms with Gasteiger partial charge in [-0.1, -0.05) is 20.8 Å². The minimum Gasteiger partial charge on any atom is -0.311 e. The molecule has 1 unspecified atom stereocenters. The summed E-state index contributed by atoms with van der Waals surface area (Å²) in [6, 6.07) is 0. The van der Waals surface area contributed by atoms with Gasteiger partial charge in [0.15, 0.2) is 0 Å². The van der Waals surface area contributed by atoms with Gasteiger partial charge in [0.05, 0.1) is 6.20 Å². The average Bonchev–Trinajstić information content (AvgIpc) is 2.63. The van der Waals surface area contributed by atoms with Crippen LogP contribution >= 0.6 is 11.6 Å². The first kappa shape index (κ1) is 14.5. The van der Waals surface area contributed by atoms with Crippen molar-refractivity contribution in [3.8, 4) is 0 Å². The summed E-state index contributed by atoms with van der Waals surface area (Å²) in [5, 5.41) is 7.80. The molecule has 0 fully saturated rings. The maximum absolute atomic E-state index is 6.28. The van der Waals surface area contributed by atoms with Crippen LogP contribution in [-0.4, -0.2) is 21.7 Å². The Kier molecular flexibility index (Phi) is 5.47. The van der Waals surface area contributed by atoms with Crippen LogP contribution in [0.1, 0.15) is 39.7 Å². The van der Waals surface area contributed by atoms with Crippen LogP contribution in [0, 0.1) is 5.41 Å². The van der Waals surface area contributed by atoms with Crippen molar-refractivity contribution in [2.75, 3.05) is 6.54 Å². The molecule has 0 aliphatic carbocycles. The summed E-state index contributed by atoms with van der Waals surface area (Å²) in [5.74, 6) is 0. The Bertz CT molecular complexity index is 328. The predicted octanol–water partition coefficient (Wildman–Crippen LogP) is 3.04. The lowest BCUT2D eigenvalue weighted by atomic mass is 9.90. The minimum atomic E-state index is 0.191. The van der Waals surface area contributed by atoms with E-state index in [-0.39, 0.29) is 5.38 Å². The second-order valence-electron chi connectivity index (χ2n) is 5.70. The highest BCUT2D eigenvalue weighted by atomic mass is 35.5. The Morgan fingerprint density at radius 1 is 1.47 bits per heavy atom. The standard InChI is InChI=1S/C13H24ClN3/c1-5-17-10-11(8-16-17)7-15-9-12(14)6-13(2,3)4/h8,10,12,15H,5-7,9H2,1-4H3. The van der Waals surface area contributed by atoms with Gasteiger partial charge in [0.2, 0.25) is 0 Å². The van der Waals surface area contributed by atoms with E-state index in [4.69, 9.17) is 11.6 Å². The predicted molar refractivity (Wildman–Crippen MR) is 73.3 cm³/mol. The zero-order chi connectivity index (χ0) is 12.9. The van der Waals surface area contributed by atoms with Gasteiger partial charge >= 0.3 is 0 Å². The Morgan fingerprint density at radius 2 is 2.18 bits per heavy atom. The van der Waals surface area contributed by atoms with Crippen molar-refractivity contribution in [3.63, 3.8) is 0 Å². The van der Waals surface area contributed by atoms with Gasteiger partial charge < -0.3 is 5.32 Å². The SMILES string of the molecule is CCn1cc(CNCC(Cl)CC(C)(C)C)cn1. The smallest absolute Gasteiger partial charge is 0.0534 e. The van der Waals surface area contributed by atoms with Gasteiger partial charge in [-0.3, -0.25) is 4.68 Å². The normalized spacial score (nSPS) is 13.9. The summed E-state index contributed by atoms with van der Waals surface area (Å²) in [6.45, 7) is 11.3. The second kappa shape index (κ2) is 6.41. The number of hydrogen-bond acceptors (Lipinski definition) is 2. The lowest BCUT2D eigenvalue weighted by molar-refractivity contribution is 0.364. The van der Waals surface area contributed by atoms with E-state index in [1.54, 1.807) is 0 Å². The molecule has 1 aromatic rings. The Morgan fingerprint density at radius 3 is 2.71 bits per heavy atom. The van der Waals surface area contributed by atoms with Crippen LogP contribution in [0.15, 0.2) is 12.4 Å². The molecule has 1 atom stereocenters. The first-order chi connectivity index (χ1) is 7.90. The monoisotopic (exact) mass is 257 g/mol. The van der Waals surface area contributed by atoms with Gasteiger partial charge in [0, 0.05) is 36.8 Å². The maximum Gasteiger partial charge on any atom is 0.0534 e. The van der Waals surface area contributed by atoms with E-state index >= 15 is 0 Å². The quantitative estimate of drug-likeness (QED) is 0.794. The van der Waals surface area contributed by atoms with Crippen molar-refractivity contribution < 1.29 is 0 Å². The molecule has 1 aromatic heterocycles. The highest BCUT2D eigenvalue weighted by Crippen LogP contribution is 2.23. The molecule has 3 nitrogen and oxygen atoms in total. The van der Waals surface area contributed by atoms with E-state index in [0.717, 1.165) is 26.1 Å². The van der Waals surface area contributed by atoms with E-state index in [9.17, 15) is 0 Å². The van der Waals surface area contributed by atoms with Gasteiger partial charge in [-0.2, -0.15) is 5.10 Å². The van der Waals surface area contributed by atoms with Gasteiger partial charge in [-0.15, -0.1) is 11.6 Å². The molecule has 1 N–H and O–H groups in total. The molecule has 0 aliphatic rings. The Balaban J connectivity index is 2.23. The largest absolute Gasteiger partial charge is 0.311 e. The van der Waals surface area contributed by atoms with E-state index < -0.39 is 0 Å². The zero-order valence-electron chi connectivity index (χ0n) is 11.3.